The van der Waals surface area contributed by atoms with Gasteiger partial charge in [-0.3, -0.25) is 4.79 Å². The molecule has 1 aromatic carbocycles. The highest BCUT2D eigenvalue weighted by Gasteiger charge is 2.18. The monoisotopic (exact) mass is 296 g/mol. The van der Waals surface area contributed by atoms with Crippen LogP contribution in [0.4, 0.5) is 10.8 Å². The molecule has 0 saturated heterocycles. The second kappa shape index (κ2) is 5.46. The van der Waals surface area contributed by atoms with Crippen LogP contribution in [0.3, 0.4) is 0 Å². The Bertz CT molecular complexity index is 614. The molecule has 1 unspecified atom stereocenters. The number of benzene rings is 1. The molecule has 100 valence electrons. The number of carbonyl (C=O) groups is 1. The predicted octanol–water partition coefficient (Wildman–Crippen LogP) is 2.65. The van der Waals surface area contributed by atoms with E-state index in [1.54, 1.807) is 6.07 Å². The predicted molar refractivity (Wildman–Crippen MR) is 78.5 cm³/mol. The number of hydrogen-bond donors (Lipinski definition) is 3. The van der Waals surface area contributed by atoms with Crippen molar-refractivity contribution in [3.8, 4) is 0 Å². The number of nitrogen functional groups attached to an aromatic ring is 1. The molecule has 19 heavy (non-hydrogen) atoms. The highest BCUT2D eigenvalue weighted by molar-refractivity contribution is 7.11. The molecule has 0 spiro atoms. The summed E-state index contributed by atoms with van der Waals surface area (Å²) in [6.45, 7) is 1.95. The van der Waals surface area contributed by atoms with Crippen LogP contribution in [0, 0.1) is 0 Å². The molecule has 0 aliphatic carbocycles. The zero-order valence-electron chi connectivity index (χ0n) is 10.2. The number of primary amides is 1. The minimum atomic E-state index is -0.591. The first-order valence-electron chi connectivity index (χ1n) is 5.56. The van der Waals surface area contributed by atoms with Crippen LogP contribution in [0.2, 0.25) is 5.02 Å². The summed E-state index contributed by atoms with van der Waals surface area (Å²) in [5, 5.41) is 4.40. The summed E-state index contributed by atoms with van der Waals surface area (Å²) in [6, 6.07) is 7.42. The molecule has 2 aromatic rings. The molecule has 0 fully saturated rings. The number of anilines is 2. The van der Waals surface area contributed by atoms with Gasteiger partial charge in [-0.15, -0.1) is 0 Å². The van der Waals surface area contributed by atoms with Crippen molar-refractivity contribution < 1.29 is 4.79 Å². The van der Waals surface area contributed by atoms with Crippen LogP contribution in [-0.4, -0.2) is 10.3 Å². The van der Waals surface area contributed by atoms with Crippen molar-refractivity contribution >= 4 is 39.9 Å². The first-order chi connectivity index (χ1) is 8.99. The van der Waals surface area contributed by atoms with Crippen molar-refractivity contribution in [3.05, 3.63) is 40.4 Å². The number of hydrogen-bond acceptors (Lipinski definition) is 5. The highest BCUT2D eigenvalue weighted by atomic mass is 35.5. The van der Waals surface area contributed by atoms with E-state index in [2.05, 4.69) is 9.69 Å². The van der Waals surface area contributed by atoms with Crippen molar-refractivity contribution in [3.63, 3.8) is 0 Å². The smallest absolute Gasteiger partial charge is 0.255 e. The molecule has 0 aliphatic rings. The normalized spacial score (nSPS) is 12.1. The van der Waals surface area contributed by atoms with Gasteiger partial charge in [0, 0.05) is 11.1 Å². The third-order valence-electron chi connectivity index (χ3n) is 2.66. The van der Waals surface area contributed by atoms with Gasteiger partial charge in [0.05, 0.1) is 0 Å². The van der Waals surface area contributed by atoms with E-state index in [1.807, 2.05) is 25.1 Å². The molecule has 7 heteroatoms. The van der Waals surface area contributed by atoms with Crippen molar-refractivity contribution in [2.75, 3.05) is 11.1 Å². The molecule has 5 nitrogen and oxygen atoms in total. The average Bonchev–Trinajstić information content (AvgIpc) is 2.70. The Hall–Kier alpha value is -1.79. The number of nitrogens with two attached hydrogens (primary N) is 2. The molecule has 0 bridgehead atoms. The number of aromatic nitrogens is 1. The van der Waals surface area contributed by atoms with Gasteiger partial charge in [0.25, 0.3) is 5.91 Å². The molecule has 2 rings (SSSR count). The fourth-order valence-corrected chi connectivity index (χ4v) is 2.70. The molecule has 0 radical (unpaired) electrons. The second-order valence-electron chi connectivity index (χ2n) is 4.06. The van der Waals surface area contributed by atoms with E-state index in [1.165, 1.54) is 0 Å². The Morgan fingerprint density at radius 1 is 1.53 bits per heavy atom. The van der Waals surface area contributed by atoms with Gasteiger partial charge < -0.3 is 16.8 Å². The lowest BCUT2D eigenvalue weighted by molar-refractivity contribution is 0.100. The number of amides is 1. The van der Waals surface area contributed by atoms with Crippen molar-refractivity contribution in [1.82, 2.24) is 4.37 Å². The van der Waals surface area contributed by atoms with E-state index in [9.17, 15) is 4.79 Å². The van der Waals surface area contributed by atoms with E-state index in [4.69, 9.17) is 23.1 Å². The first kappa shape index (κ1) is 13.6. The summed E-state index contributed by atoms with van der Waals surface area (Å²) in [7, 11) is 0. The standard InChI is InChI=1S/C12H13ClN4OS/c1-6(7-3-2-4-8(13)5-7)16-12-9(11(15)18)10(14)17-19-12/h2-6,16H,1H3,(H2,14,17)(H2,15,18). The topological polar surface area (TPSA) is 94.0 Å². The van der Waals surface area contributed by atoms with Crippen LogP contribution in [0.25, 0.3) is 0 Å². The Morgan fingerprint density at radius 3 is 2.89 bits per heavy atom. The van der Waals surface area contributed by atoms with E-state index >= 15 is 0 Å². The van der Waals surface area contributed by atoms with Crippen LogP contribution in [0.5, 0.6) is 0 Å². The Labute approximate surface area is 119 Å². The maximum atomic E-state index is 11.3. The van der Waals surface area contributed by atoms with Crippen molar-refractivity contribution in [2.24, 2.45) is 5.73 Å². The number of rotatable bonds is 4. The van der Waals surface area contributed by atoms with E-state index in [0.29, 0.717) is 10.0 Å². The van der Waals surface area contributed by atoms with Crippen LogP contribution in [0.1, 0.15) is 28.9 Å². The lowest BCUT2D eigenvalue weighted by atomic mass is 10.1. The van der Waals surface area contributed by atoms with Gasteiger partial charge in [-0.25, -0.2) is 0 Å². The van der Waals surface area contributed by atoms with E-state index in [0.717, 1.165) is 17.1 Å². The minimum Gasteiger partial charge on any atom is -0.382 e. The van der Waals surface area contributed by atoms with Crippen LogP contribution in [-0.2, 0) is 0 Å². The summed E-state index contributed by atoms with van der Waals surface area (Å²) in [4.78, 5) is 11.3. The van der Waals surface area contributed by atoms with Gasteiger partial charge in [-0.2, -0.15) is 4.37 Å². The molecule has 0 saturated carbocycles. The lowest BCUT2D eigenvalue weighted by Gasteiger charge is -2.15. The number of nitrogens with zero attached hydrogens (tertiary/aromatic N) is 1. The molecule has 1 amide bonds. The zero-order chi connectivity index (χ0) is 14.0. The fraction of sp³-hybridized carbons (Fsp3) is 0.167. The summed E-state index contributed by atoms with van der Waals surface area (Å²) in [6.07, 6.45) is 0. The third kappa shape index (κ3) is 2.97. The molecule has 1 atom stereocenters. The van der Waals surface area contributed by atoms with Gasteiger partial charge >= 0.3 is 0 Å². The van der Waals surface area contributed by atoms with Crippen LogP contribution >= 0.6 is 23.1 Å². The SMILES string of the molecule is CC(Nc1snc(N)c1C(N)=O)c1cccc(Cl)c1. The molecule has 1 heterocycles. The molecule has 0 aliphatic heterocycles. The van der Waals surface area contributed by atoms with E-state index < -0.39 is 5.91 Å². The maximum Gasteiger partial charge on any atom is 0.255 e. The molecular formula is C12H13ClN4OS. The second-order valence-corrected chi connectivity index (χ2v) is 5.27. The van der Waals surface area contributed by atoms with E-state index in [-0.39, 0.29) is 17.4 Å². The average molecular weight is 297 g/mol. The lowest BCUT2D eigenvalue weighted by Crippen LogP contribution is -2.15. The molecular weight excluding hydrogens is 284 g/mol. The summed E-state index contributed by atoms with van der Waals surface area (Å²) < 4.78 is 3.93. The minimum absolute atomic E-state index is 0.0448. The Morgan fingerprint density at radius 2 is 2.26 bits per heavy atom. The summed E-state index contributed by atoms with van der Waals surface area (Å²) >= 11 is 7.06. The van der Waals surface area contributed by atoms with Crippen LogP contribution < -0.4 is 16.8 Å². The number of halogens is 1. The van der Waals surface area contributed by atoms with Gasteiger partial charge in [0.2, 0.25) is 0 Å². The van der Waals surface area contributed by atoms with Gasteiger partial charge in [0.15, 0.2) is 5.82 Å². The van der Waals surface area contributed by atoms with Crippen molar-refractivity contribution in [1.29, 1.82) is 0 Å². The molecule has 5 N–H and O–H groups in total. The number of nitrogens with one attached hydrogen (secondary N) is 1. The third-order valence-corrected chi connectivity index (χ3v) is 3.69. The maximum absolute atomic E-state index is 11.3. The molecule has 1 aromatic heterocycles. The van der Waals surface area contributed by atoms with Gasteiger partial charge in [-0.1, -0.05) is 23.7 Å². The Kier molecular flexibility index (Phi) is 3.92. The highest BCUT2D eigenvalue weighted by Crippen LogP contribution is 2.30. The number of carbonyl (C=O) groups excluding carboxylic acids is 1. The quantitative estimate of drug-likeness (QED) is 0.808. The van der Waals surface area contributed by atoms with Crippen LogP contribution in [0.15, 0.2) is 24.3 Å². The fourth-order valence-electron chi connectivity index (χ4n) is 1.69. The van der Waals surface area contributed by atoms with Gasteiger partial charge in [-0.05, 0) is 36.2 Å². The first-order valence-corrected chi connectivity index (χ1v) is 6.71. The van der Waals surface area contributed by atoms with Gasteiger partial charge in [0.1, 0.15) is 10.6 Å². The summed E-state index contributed by atoms with van der Waals surface area (Å²) in [5.74, 6) is -0.440. The zero-order valence-corrected chi connectivity index (χ0v) is 11.8. The largest absolute Gasteiger partial charge is 0.382 e. The Balaban J connectivity index is 2.24. The summed E-state index contributed by atoms with van der Waals surface area (Å²) in [5.41, 5.74) is 12.1. The van der Waals surface area contributed by atoms with Crippen molar-refractivity contribution in [2.45, 2.75) is 13.0 Å².